The van der Waals surface area contributed by atoms with Crippen LogP contribution in [0.2, 0.25) is 0 Å². The second kappa shape index (κ2) is 7.40. The fourth-order valence-electron chi connectivity index (χ4n) is 3.06. The van der Waals surface area contributed by atoms with Crippen molar-refractivity contribution in [1.29, 1.82) is 0 Å². The first kappa shape index (κ1) is 18.1. The van der Waals surface area contributed by atoms with Gasteiger partial charge in [0, 0.05) is 18.2 Å². The molecular formula is C22H18N2O3S. The maximum Gasteiger partial charge on any atom is 0.206 e. The zero-order valence-corrected chi connectivity index (χ0v) is 15.8. The lowest BCUT2D eigenvalue weighted by molar-refractivity contribution is 0.0982. The third-order valence-electron chi connectivity index (χ3n) is 4.66. The molecule has 0 N–H and O–H groups in total. The Bertz CT molecular complexity index is 1230. The van der Waals surface area contributed by atoms with Gasteiger partial charge < -0.3 is 4.40 Å². The monoisotopic (exact) mass is 390 g/mol. The van der Waals surface area contributed by atoms with Crippen molar-refractivity contribution in [2.75, 3.05) is 0 Å². The Kier molecular flexibility index (Phi) is 4.79. The summed E-state index contributed by atoms with van der Waals surface area (Å²) in [7, 11) is -3.52. The van der Waals surface area contributed by atoms with Crippen molar-refractivity contribution in [3.63, 3.8) is 0 Å². The number of fused-ring (bicyclic) bond motifs is 1. The molecule has 2 aromatic heterocycles. The number of carbonyl (C=O) groups is 1. The Morgan fingerprint density at radius 2 is 1.61 bits per heavy atom. The first-order valence-corrected chi connectivity index (χ1v) is 10.4. The molecule has 2 heterocycles. The smallest absolute Gasteiger partial charge is 0.206 e. The van der Waals surface area contributed by atoms with E-state index in [2.05, 4.69) is 4.98 Å². The SMILES string of the molecule is O=C(CCc1ccc(S(=O)(=O)c2ccccc2)cc1)c1ccc2cncn2c1. The lowest BCUT2D eigenvalue weighted by Crippen LogP contribution is -2.04. The van der Waals surface area contributed by atoms with Gasteiger partial charge in [0.2, 0.25) is 9.84 Å². The molecule has 0 saturated carbocycles. The predicted molar refractivity (Wildman–Crippen MR) is 106 cm³/mol. The van der Waals surface area contributed by atoms with Crippen LogP contribution in [0.15, 0.2) is 95.2 Å². The lowest BCUT2D eigenvalue weighted by atomic mass is 10.0. The molecule has 0 unspecified atom stereocenters. The summed E-state index contributed by atoms with van der Waals surface area (Å²) in [6.45, 7) is 0. The molecule has 0 aliphatic heterocycles. The van der Waals surface area contributed by atoms with Crippen LogP contribution >= 0.6 is 0 Å². The van der Waals surface area contributed by atoms with Gasteiger partial charge in [-0.15, -0.1) is 0 Å². The summed E-state index contributed by atoms with van der Waals surface area (Å²) in [5, 5.41) is 0. The van der Waals surface area contributed by atoms with E-state index in [9.17, 15) is 13.2 Å². The van der Waals surface area contributed by atoms with Crippen LogP contribution in [0.1, 0.15) is 22.3 Å². The maximum absolute atomic E-state index is 12.6. The van der Waals surface area contributed by atoms with Gasteiger partial charge in [-0.3, -0.25) is 4.79 Å². The second-order valence-corrected chi connectivity index (χ2v) is 8.48. The van der Waals surface area contributed by atoms with E-state index in [4.69, 9.17) is 0 Å². The van der Waals surface area contributed by atoms with Crippen LogP contribution in [-0.4, -0.2) is 23.6 Å². The summed E-state index contributed by atoms with van der Waals surface area (Å²) in [5.41, 5.74) is 2.49. The third-order valence-corrected chi connectivity index (χ3v) is 6.44. The number of nitrogens with zero attached hydrogens (tertiary/aromatic N) is 2. The fraction of sp³-hybridized carbons (Fsp3) is 0.0909. The van der Waals surface area contributed by atoms with Gasteiger partial charge in [0.1, 0.15) is 0 Å². The second-order valence-electron chi connectivity index (χ2n) is 6.53. The van der Waals surface area contributed by atoms with Crippen LogP contribution in [0.3, 0.4) is 0 Å². The first-order chi connectivity index (χ1) is 13.5. The van der Waals surface area contributed by atoms with Crippen LogP contribution in [0, 0.1) is 0 Å². The van der Waals surface area contributed by atoms with Gasteiger partial charge in [0.15, 0.2) is 5.78 Å². The Morgan fingerprint density at radius 1 is 0.893 bits per heavy atom. The number of pyridine rings is 1. The van der Waals surface area contributed by atoms with Crippen molar-refractivity contribution < 1.29 is 13.2 Å². The molecule has 140 valence electrons. The maximum atomic E-state index is 12.6. The van der Waals surface area contributed by atoms with E-state index in [0.29, 0.717) is 18.4 Å². The number of carbonyl (C=O) groups excluding carboxylic acids is 1. The Labute approximate surface area is 163 Å². The van der Waals surface area contributed by atoms with Crippen LogP contribution in [0.5, 0.6) is 0 Å². The number of hydrogen-bond acceptors (Lipinski definition) is 4. The lowest BCUT2D eigenvalue weighted by Gasteiger charge is -2.06. The molecule has 0 aliphatic rings. The summed E-state index contributed by atoms with van der Waals surface area (Å²) in [6.07, 6.45) is 6.08. The van der Waals surface area contributed by atoms with Gasteiger partial charge in [-0.25, -0.2) is 13.4 Å². The van der Waals surface area contributed by atoms with Crippen molar-refractivity contribution in [3.05, 3.63) is 96.6 Å². The summed E-state index contributed by atoms with van der Waals surface area (Å²) in [6, 6.07) is 18.7. The van der Waals surface area contributed by atoms with E-state index in [0.717, 1.165) is 11.1 Å². The molecule has 0 fully saturated rings. The van der Waals surface area contributed by atoms with E-state index in [-0.39, 0.29) is 15.6 Å². The largest absolute Gasteiger partial charge is 0.306 e. The molecule has 0 atom stereocenters. The highest BCUT2D eigenvalue weighted by Gasteiger charge is 2.17. The van der Waals surface area contributed by atoms with Crippen LogP contribution in [-0.2, 0) is 16.3 Å². The van der Waals surface area contributed by atoms with Gasteiger partial charge in [-0.1, -0.05) is 30.3 Å². The average Bonchev–Trinajstić information content (AvgIpc) is 3.21. The van der Waals surface area contributed by atoms with Gasteiger partial charge in [-0.05, 0) is 48.4 Å². The number of aryl methyl sites for hydroxylation is 1. The fourth-order valence-corrected chi connectivity index (χ4v) is 4.34. The number of sulfone groups is 1. The van der Waals surface area contributed by atoms with E-state index >= 15 is 0 Å². The van der Waals surface area contributed by atoms with Gasteiger partial charge in [0.25, 0.3) is 0 Å². The summed E-state index contributed by atoms with van der Waals surface area (Å²) >= 11 is 0. The Morgan fingerprint density at radius 3 is 2.36 bits per heavy atom. The molecule has 0 radical (unpaired) electrons. The zero-order chi connectivity index (χ0) is 19.6. The van der Waals surface area contributed by atoms with Crippen molar-refractivity contribution >= 4 is 21.1 Å². The number of hydrogen-bond donors (Lipinski definition) is 0. The number of ketones is 1. The molecule has 5 nitrogen and oxygen atoms in total. The molecular weight excluding hydrogens is 372 g/mol. The number of imidazole rings is 1. The van der Waals surface area contributed by atoms with E-state index in [1.165, 1.54) is 0 Å². The molecule has 2 aromatic carbocycles. The molecule has 0 saturated heterocycles. The normalized spacial score (nSPS) is 11.6. The topological polar surface area (TPSA) is 68.5 Å². The summed E-state index contributed by atoms with van der Waals surface area (Å²) in [4.78, 5) is 17.0. The van der Waals surface area contributed by atoms with Crippen LogP contribution < -0.4 is 0 Å². The van der Waals surface area contributed by atoms with Crippen molar-refractivity contribution in [2.45, 2.75) is 22.6 Å². The van der Waals surface area contributed by atoms with Crippen molar-refractivity contribution in [1.82, 2.24) is 9.38 Å². The quantitative estimate of drug-likeness (QED) is 0.467. The van der Waals surface area contributed by atoms with Gasteiger partial charge in [0.05, 0.1) is 27.8 Å². The summed E-state index contributed by atoms with van der Waals surface area (Å²) < 4.78 is 27.1. The van der Waals surface area contributed by atoms with Crippen LogP contribution in [0.25, 0.3) is 5.52 Å². The number of aromatic nitrogens is 2. The molecule has 28 heavy (non-hydrogen) atoms. The minimum atomic E-state index is -3.52. The standard InChI is InChI=1S/C22H18N2O3S/c25-22(18-9-10-19-14-23-16-24(19)15-18)13-8-17-6-11-21(12-7-17)28(26,27)20-4-2-1-3-5-20/h1-7,9-12,14-16H,8,13H2. The van der Waals surface area contributed by atoms with E-state index < -0.39 is 9.84 Å². The Hall–Kier alpha value is -3.25. The van der Waals surface area contributed by atoms with E-state index in [1.54, 1.807) is 79.4 Å². The first-order valence-electron chi connectivity index (χ1n) is 8.88. The molecule has 4 aromatic rings. The highest BCUT2D eigenvalue weighted by molar-refractivity contribution is 7.91. The number of Topliss-reactive ketones (excluding diaryl/α,β-unsaturated/α-hetero) is 1. The molecule has 4 rings (SSSR count). The van der Waals surface area contributed by atoms with Crippen LogP contribution in [0.4, 0.5) is 0 Å². The molecule has 0 aliphatic carbocycles. The average molecular weight is 390 g/mol. The molecule has 0 amide bonds. The van der Waals surface area contributed by atoms with Crippen molar-refractivity contribution in [2.24, 2.45) is 0 Å². The minimum Gasteiger partial charge on any atom is -0.306 e. The van der Waals surface area contributed by atoms with E-state index in [1.807, 2.05) is 10.5 Å². The molecule has 6 heteroatoms. The number of benzene rings is 2. The predicted octanol–water partition coefficient (Wildman–Crippen LogP) is 3.98. The third kappa shape index (κ3) is 3.59. The highest BCUT2D eigenvalue weighted by atomic mass is 32.2. The minimum absolute atomic E-state index is 0.0385. The molecule has 0 spiro atoms. The molecule has 0 bridgehead atoms. The summed E-state index contributed by atoms with van der Waals surface area (Å²) in [5.74, 6) is 0.0385. The highest BCUT2D eigenvalue weighted by Crippen LogP contribution is 2.21. The van der Waals surface area contributed by atoms with Gasteiger partial charge >= 0.3 is 0 Å². The Balaban J connectivity index is 1.45. The number of rotatable bonds is 6. The van der Waals surface area contributed by atoms with Crippen molar-refractivity contribution in [3.8, 4) is 0 Å². The van der Waals surface area contributed by atoms with Gasteiger partial charge in [-0.2, -0.15) is 0 Å². The zero-order valence-electron chi connectivity index (χ0n) is 15.0.